The summed E-state index contributed by atoms with van der Waals surface area (Å²) in [6.45, 7) is 7.49. The molecule has 222 valence electrons. The number of benzene rings is 1. The number of carbonyl (C=O) groups is 2. The third kappa shape index (κ3) is 7.29. The number of carbonyl (C=O) groups excluding carboxylic acids is 2. The smallest absolute Gasteiger partial charge is 0.410 e. The maximum atomic E-state index is 15.5. The maximum Gasteiger partial charge on any atom is 0.410 e. The van der Waals surface area contributed by atoms with Crippen LogP contribution in [0.15, 0.2) is 10.5 Å². The van der Waals surface area contributed by atoms with Crippen molar-refractivity contribution in [2.45, 2.75) is 96.1 Å². The van der Waals surface area contributed by atoms with Crippen LogP contribution in [-0.4, -0.2) is 66.9 Å². The third-order valence-corrected chi connectivity index (χ3v) is 9.15. The highest BCUT2D eigenvalue weighted by Gasteiger charge is 2.60. The van der Waals surface area contributed by atoms with E-state index >= 15 is 4.39 Å². The Bertz CT molecular complexity index is 1120. The van der Waals surface area contributed by atoms with Crippen molar-refractivity contribution in [3.05, 3.63) is 26.7 Å². The predicted octanol–water partition coefficient (Wildman–Crippen LogP) is 6.61. The number of piperidine rings is 1. The van der Waals surface area contributed by atoms with E-state index < -0.39 is 17.2 Å². The van der Waals surface area contributed by atoms with Gasteiger partial charge in [0.05, 0.1) is 0 Å². The molecule has 8 nitrogen and oxygen atoms in total. The van der Waals surface area contributed by atoms with E-state index in [-0.39, 0.29) is 30.6 Å². The van der Waals surface area contributed by atoms with Crippen molar-refractivity contribution in [2.75, 3.05) is 31.6 Å². The molecule has 2 saturated heterocycles. The van der Waals surface area contributed by atoms with Gasteiger partial charge in [-0.1, -0.05) is 11.6 Å². The van der Waals surface area contributed by atoms with Gasteiger partial charge >= 0.3 is 6.09 Å². The second kappa shape index (κ2) is 12.5. The van der Waals surface area contributed by atoms with Gasteiger partial charge in [-0.3, -0.25) is 4.79 Å². The highest BCUT2D eigenvalue weighted by Crippen LogP contribution is 2.55. The Labute approximate surface area is 249 Å². The Morgan fingerprint density at radius 2 is 2.08 bits per heavy atom. The largest absolute Gasteiger partial charge is 0.444 e. The Morgan fingerprint density at radius 1 is 1.32 bits per heavy atom. The molecule has 1 aromatic carbocycles. The number of ether oxygens (including phenoxy) is 2. The molecule has 1 saturated carbocycles. The molecule has 1 spiro atoms. The molecule has 0 radical (unpaired) electrons. The lowest BCUT2D eigenvalue weighted by atomic mass is 9.56. The second-order valence-electron chi connectivity index (χ2n) is 12.4. The molecule has 1 unspecified atom stereocenters. The second-order valence-corrected chi connectivity index (χ2v) is 13.6. The van der Waals surface area contributed by atoms with Gasteiger partial charge in [0, 0.05) is 53.2 Å². The molecule has 11 heteroatoms. The molecule has 0 aromatic heterocycles. The Morgan fingerprint density at radius 3 is 2.73 bits per heavy atom. The lowest BCUT2D eigenvalue weighted by molar-refractivity contribution is -0.157. The number of hydrogen-bond acceptors (Lipinski definition) is 6. The molecule has 40 heavy (non-hydrogen) atoms. The zero-order valence-corrected chi connectivity index (χ0v) is 26.0. The van der Waals surface area contributed by atoms with Crippen LogP contribution in [0.5, 0.6) is 0 Å². The van der Waals surface area contributed by atoms with Crippen LogP contribution in [0.3, 0.4) is 0 Å². The summed E-state index contributed by atoms with van der Waals surface area (Å²) in [6.07, 6.45) is 6.74. The van der Waals surface area contributed by atoms with E-state index in [4.69, 9.17) is 26.5 Å². The van der Waals surface area contributed by atoms with Crippen LogP contribution in [0.4, 0.5) is 14.9 Å². The first-order valence-electron chi connectivity index (χ1n) is 14.2. The molecule has 2 amide bonds. The average Bonchev–Trinajstić information content (AvgIpc) is 2.87. The monoisotopic (exact) mass is 642 g/mol. The fourth-order valence-corrected chi connectivity index (χ4v) is 7.25. The molecule has 3 fully saturated rings. The molecule has 3 N–H and O–H groups in total. The minimum atomic E-state index is -1.92. The molecule has 0 bridgehead atoms. The highest BCUT2D eigenvalue weighted by atomic mass is 79.9. The molecule has 1 atom stereocenters. The maximum absolute atomic E-state index is 15.5. The van der Waals surface area contributed by atoms with Gasteiger partial charge in [-0.2, -0.15) is 0 Å². The van der Waals surface area contributed by atoms with E-state index in [9.17, 15) is 9.59 Å². The summed E-state index contributed by atoms with van der Waals surface area (Å²) < 4.78 is 27.5. The Balaban J connectivity index is 1.27. The van der Waals surface area contributed by atoms with Crippen molar-refractivity contribution >= 4 is 51.4 Å². The zero-order chi connectivity index (χ0) is 29.1. The number of nitrogens with one attached hydrogen (secondary N) is 3. The summed E-state index contributed by atoms with van der Waals surface area (Å²) in [7, 11) is 0. The number of likely N-dealkylation sites (tertiary alicyclic amines) is 1. The fourth-order valence-electron chi connectivity index (χ4n) is 6.10. The van der Waals surface area contributed by atoms with Crippen molar-refractivity contribution in [3.63, 3.8) is 0 Å². The van der Waals surface area contributed by atoms with E-state index in [1.165, 1.54) is 6.21 Å². The molecular formula is C29H41BrClFN4O4. The van der Waals surface area contributed by atoms with Crippen molar-refractivity contribution in [2.24, 2.45) is 5.41 Å². The van der Waals surface area contributed by atoms with Crippen LogP contribution in [0.1, 0.15) is 83.3 Å². The summed E-state index contributed by atoms with van der Waals surface area (Å²) in [4.78, 5) is 27.0. The van der Waals surface area contributed by atoms with Crippen LogP contribution in [-0.2, 0) is 20.7 Å². The Kier molecular flexibility index (Phi) is 9.72. The molecule has 1 aromatic rings. The first-order chi connectivity index (χ1) is 18.8. The lowest BCUT2D eigenvalue weighted by Gasteiger charge is -2.54. The molecule has 2 aliphatic heterocycles. The molecule has 4 rings (SSSR count). The van der Waals surface area contributed by atoms with E-state index in [2.05, 4.69) is 26.6 Å². The van der Waals surface area contributed by atoms with E-state index in [0.29, 0.717) is 49.7 Å². The molecule has 1 aliphatic carbocycles. The SMILES string of the molecule is CC(C)(C)OC(=O)N1CCCC2(C1)CC(F)(C(=O)NCCCc1c(Cl)cc(NC3CCCCO3)c(C=N)c1Br)C2. The number of amides is 2. The van der Waals surface area contributed by atoms with Crippen molar-refractivity contribution in [1.82, 2.24) is 10.2 Å². The van der Waals surface area contributed by atoms with Gasteiger partial charge in [-0.25, -0.2) is 9.18 Å². The van der Waals surface area contributed by atoms with Gasteiger partial charge in [0.25, 0.3) is 5.91 Å². The van der Waals surface area contributed by atoms with Gasteiger partial charge in [0.2, 0.25) is 0 Å². The summed E-state index contributed by atoms with van der Waals surface area (Å²) in [5.41, 5.74) is -0.617. The summed E-state index contributed by atoms with van der Waals surface area (Å²) >= 11 is 10.2. The van der Waals surface area contributed by atoms with Gasteiger partial charge in [-0.05, 0) is 112 Å². The van der Waals surface area contributed by atoms with Gasteiger partial charge in [-0.15, -0.1) is 0 Å². The Hall–Kier alpha value is -1.91. The summed E-state index contributed by atoms with van der Waals surface area (Å²) in [6, 6.07) is 1.81. The highest BCUT2D eigenvalue weighted by molar-refractivity contribution is 9.10. The average molecular weight is 644 g/mol. The molecule has 3 aliphatic rings. The number of rotatable bonds is 8. The van der Waals surface area contributed by atoms with Crippen LogP contribution in [0.2, 0.25) is 5.02 Å². The van der Waals surface area contributed by atoms with Crippen LogP contribution >= 0.6 is 27.5 Å². The van der Waals surface area contributed by atoms with Gasteiger partial charge in [0.1, 0.15) is 11.8 Å². The quantitative estimate of drug-likeness (QED) is 0.219. The minimum Gasteiger partial charge on any atom is -0.444 e. The number of hydrogen-bond donors (Lipinski definition) is 3. The zero-order valence-electron chi connectivity index (χ0n) is 23.6. The fraction of sp³-hybridized carbons (Fsp3) is 0.690. The minimum absolute atomic E-state index is 0.107. The van der Waals surface area contributed by atoms with Crippen LogP contribution in [0, 0.1) is 10.8 Å². The van der Waals surface area contributed by atoms with Crippen LogP contribution in [0.25, 0.3) is 0 Å². The number of halogens is 3. The topological polar surface area (TPSA) is 104 Å². The van der Waals surface area contributed by atoms with E-state index in [0.717, 1.165) is 47.8 Å². The first kappa shape index (κ1) is 31.0. The summed E-state index contributed by atoms with van der Waals surface area (Å²) in [5, 5.41) is 14.6. The van der Waals surface area contributed by atoms with Crippen molar-refractivity contribution < 1.29 is 23.5 Å². The number of alkyl halides is 1. The lowest BCUT2D eigenvalue weighted by Crippen LogP contribution is -2.63. The van der Waals surface area contributed by atoms with Gasteiger partial charge < -0.3 is 30.4 Å². The van der Waals surface area contributed by atoms with E-state index in [1.54, 1.807) is 4.90 Å². The molecular weight excluding hydrogens is 603 g/mol. The predicted molar refractivity (Wildman–Crippen MR) is 158 cm³/mol. The number of anilines is 1. The number of nitrogens with zero attached hydrogens (tertiary/aromatic N) is 1. The van der Waals surface area contributed by atoms with Crippen molar-refractivity contribution in [1.29, 1.82) is 5.41 Å². The van der Waals surface area contributed by atoms with Gasteiger partial charge in [0.15, 0.2) is 5.67 Å². The normalized spacial score (nSPS) is 26.6. The first-order valence-corrected chi connectivity index (χ1v) is 15.4. The summed E-state index contributed by atoms with van der Waals surface area (Å²) in [5.74, 6) is -0.593. The molecule has 2 heterocycles. The van der Waals surface area contributed by atoms with Crippen molar-refractivity contribution in [3.8, 4) is 0 Å². The third-order valence-electron chi connectivity index (χ3n) is 7.91. The standard InChI is InChI=1S/C29H41BrClFN4O4/c1-27(2,3)40-26(38)36-12-7-10-28(18-36)16-29(32,17-28)25(37)34-11-6-8-19-21(31)14-22(20(15-33)24(19)30)35-23-9-4-5-13-39-23/h14-15,23,33,35H,4-13,16-18H2,1-3H3,(H,34,37). The van der Waals surface area contributed by atoms with E-state index in [1.807, 2.05) is 26.8 Å². The van der Waals surface area contributed by atoms with Crippen LogP contribution < -0.4 is 10.6 Å².